The summed E-state index contributed by atoms with van der Waals surface area (Å²) in [6.07, 6.45) is 1.26. The average molecular weight is 302 g/mol. The number of guanidine groups is 1. The van der Waals surface area contributed by atoms with Crippen LogP contribution in [0.4, 0.5) is 5.82 Å². The van der Waals surface area contributed by atoms with E-state index in [2.05, 4.69) is 19.9 Å². The summed E-state index contributed by atoms with van der Waals surface area (Å²) < 4.78 is 0. The summed E-state index contributed by atoms with van der Waals surface area (Å²) in [6.45, 7) is 5.37. The summed E-state index contributed by atoms with van der Waals surface area (Å²) in [4.78, 5) is 26.2. The fourth-order valence-corrected chi connectivity index (χ4v) is 1.63. The number of rotatable bonds is 4. The van der Waals surface area contributed by atoms with Gasteiger partial charge in [-0.15, -0.1) is 5.10 Å². The van der Waals surface area contributed by atoms with Gasteiger partial charge in [0, 0.05) is 13.1 Å². The molecule has 0 aliphatic carbocycles. The van der Waals surface area contributed by atoms with E-state index >= 15 is 0 Å². The molecule has 1 heterocycles. The summed E-state index contributed by atoms with van der Waals surface area (Å²) >= 11 is 6.00. The van der Waals surface area contributed by atoms with Gasteiger partial charge in [-0.3, -0.25) is 0 Å². The van der Waals surface area contributed by atoms with Gasteiger partial charge >= 0.3 is 5.97 Å². The van der Waals surface area contributed by atoms with Crippen LogP contribution < -0.4 is 22.0 Å². The lowest BCUT2D eigenvalue weighted by molar-refractivity contribution is 0.0376. The molecule has 0 radical (unpaired) electrons. The Hall–Kier alpha value is -2.29. The molecule has 0 atom stereocenters. The predicted octanol–water partition coefficient (Wildman–Crippen LogP) is -0.174. The van der Waals surface area contributed by atoms with E-state index in [0.717, 1.165) is 13.1 Å². The maximum absolute atomic E-state index is 11.6. The van der Waals surface area contributed by atoms with E-state index in [9.17, 15) is 4.79 Å². The zero-order valence-corrected chi connectivity index (χ0v) is 11.9. The first kappa shape index (κ1) is 15.8. The Balaban J connectivity index is 2.84. The smallest absolute Gasteiger partial charge is 0.366 e. The Morgan fingerprint density at radius 1 is 1.55 bits per heavy atom. The normalized spacial score (nSPS) is 11.1. The molecular formula is C10H16ClN7O2. The van der Waals surface area contributed by atoms with Crippen LogP contribution in [0.25, 0.3) is 0 Å². The highest BCUT2D eigenvalue weighted by Crippen LogP contribution is 2.20. The van der Waals surface area contributed by atoms with Crippen LogP contribution in [0.1, 0.15) is 24.3 Å². The Morgan fingerprint density at radius 2 is 2.20 bits per heavy atom. The summed E-state index contributed by atoms with van der Waals surface area (Å²) in [5, 5.41) is 3.18. The molecule has 0 spiro atoms. The molecule has 1 aromatic rings. The molecule has 1 rings (SSSR count). The summed E-state index contributed by atoms with van der Waals surface area (Å²) in [7, 11) is 0. The molecule has 0 aliphatic heterocycles. The summed E-state index contributed by atoms with van der Waals surface area (Å²) in [5.74, 6) is 4.30. The van der Waals surface area contributed by atoms with E-state index in [1.807, 2.05) is 24.2 Å². The van der Waals surface area contributed by atoms with Gasteiger partial charge in [-0.05, 0) is 13.8 Å². The molecule has 0 unspecified atom stereocenters. The monoisotopic (exact) mass is 301 g/mol. The summed E-state index contributed by atoms with van der Waals surface area (Å²) in [6, 6.07) is 0. The zero-order valence-electron chi connectivity index (χ0n) is 11.1. The number of nitrogens with one attached hydrogen (secondary N) is 1. The molecule has 1 aromatic heterocycles. The second-order valence-corrected chi connectivity index (χ2v) is 3.91. The SMILES string of the molecule is CCN(CC)c1ncc(C(=O)ON/C(N)=N/N)nc1Cl. The maximum Gasteiger partial charge on any atom is 0.382 e. The van der Waals surface area contributed by atoms with Gasteiger partial charge in [0.15, 0.2) is 16.7 Å². The van der Waals surface area contributed by atoms with Crippen molar-refractivity contribution in [2.24, 2.45) is 16.7 Å². The first-order valence-electron chi connectivity index (χ1n) is 5.81. The number of nitrogens with zero attached hydrogens (tertiary/aromatic N) is 4. The van der Waals surface area contributed by atoms with Crippen LogP contribution in [0.3, 0.4) is 0 Å². The van der Waals surface area contributed by atoms with E-state index in [0.29, 0.717) is 5.82 Å². The average Bonchev–Trinajstić information content (AvgIpc) is 2.46. The van der Waals surface area contributed by atoms with Crippen molar-refractivity contribution < 1.29 is 9.63 Å². The molecule has 20 heavy (non-hydrogen) atoms. The van der Waals surface area contributed by atoms with Crippen LogP contribution >= 0.6 is 11.6 Å². The Bertz CT molecular complexity index is 504. The van der Waals surface area contributed by atoms with Crippen LogP contribution in [0.2, 0.25) is 5.15 Å². The van der Waals surface area contributed by atoms with Crippen LogP contribution in [0.15, 0.2) is 11.3 Å². The maximum atomic E-state index is 11.6. The minimum atomic E-state index is -0.808. The van der Waals surface area contributed by atoms with Crippen LogP contribution in [0, 0.1) is 0 Å². The van der Waals surface area contributed by atoms with Crippen molar-refractivity contribution in [3.8, 4) is 0 Å². The molecule has 0 aromatic carbocycles. The Labute approximate surface area is 120 Å². The molecular weight excluding hydrogens is 286 g/mol. The first-order valence-corrected chi connectivity index (χ1v) is 6.19. The topological polar surface area (TPSA) is 132 Å². The van der Waals surface area contributed by atoms with Crippen molar-refractivity contribution in [1.29, 1.82) is 0 Å². The van der Waals surface area contributed by atoms with Crippen molar-refractivity contribution in [2.75, 3.05) is 18.0 Å². The van der Waals surface area contributed by atoms with Gasteiger partial charge in [0.2, 0.25) is 5.96 Å². The number of carbonyl (C=O) groups excluding carboxylic acids is 1. The van der Waals surface area contributed by atoms with Crippen molar-refractivity contribution in [2.45, 2.75) is 13.8 Å². The highest BCUT2D eigenvalue weighted by molar-refractivity contribution is 6.31. The number of carbonyl (C=O) groups is 1. The first-order chi connectivity index (χ1) is 9.53. The highest BCUT2D eigenvalue weighted by atomic mass is 35.5. The van der Waals surface area contributed by atoms with Gasteiger partial charge in [0.05, 0.1) is 6.20 Å². The van der Waals surface area contributed by atoms with Gasteiger partial charge in [-0.2, -0.15) is 5.48 Å². The molecule has 110 valence electrons. The van der Waals surface area contributed by atoms with Crippen molar-refractivity contribution in [3.63, 3.8) is 0 Å². The van der Waals surface area contributed by atoms with E-state index in [4.69, 9.17) is 23.2 Å². The number of hydrogen-bond donors (Lipinski definition) is 3. The predicted molar refractivity (Wildman–Crippen MR) is 75.0 cm³/mol. The summed E-state index contributed by atoms with van der Waals surface area (Å²) in [5.41, 5.74) is 7.17. The van der Waals surface area contributed by atoms with Crippen LogP contribution in [0.5, 0.6) is 0 Å². The molecule has 0 amide bonds. The number of hydrogen-bond acceptors (Lipinski definition) is 7. The zero-order chi connectivity index (χ0) is 15.1. The van der Waals surface area contributed by atoms with Gasteiger partial charge in [-0.25, -0.2) is 14.8 Å². The third kappa shape index (κ3) is 3.85. The number of hydrazone groups is 1. The minimum Gasteiger partial charge on any atom is -0.366 e. The van der Waals surface area contributed by atoms with Gasteiger partial charge in [0.25, 0.3) is 0 Å². The van der Waals surface area contributed by atoms with Crippen LogP contribution in [-0.4, -0.2) is 35.0 Å². The van der Waals surface area contributed by atoms with Crippen molar-refractivity contribution >= 4 is 29.3 Å². The second-order valence-electron chi connectivity index (χ2n) is 3.55. The molecule has 5 N–H and O–H groups in total. The van der Waals surface area contributed by atoms with Gasteiger partial charge in [0.1, 0.15) is 0 Å². The molecule has 0 fully saturated rings. The van der Waals surface area contributed by atoms with E-state index < -0.39 is 5.97 Å². The van der Waals surface area contributed by atoms with Crippen LogP contribution in [-0.2, 0) is 4.84 Å². The lowest BCUT2D eigenvalue weighted by Crippen LogP contribution is -2.35. The molecule has 9 nitrogen and oxygen atoms in total. The fourth-order valence-electron chi connectivity index (χ4n) is 1.37. The number of anilines is 1. The minimum absolute atomic E-state index is 0.0665. The lowest BCUT2D eigenvalue weighted by atomic mass is 10.4. The third-order valence-electron chi connectivity index (χ3n) is 2.37. The molecule has 0 saturated heterocycles. The molecule has 0 aliphatic rings. The second kappa shape index (κ2) is 7.34. The molecule has 10 heteroatoms. The van der Waals surface area contributed by atoms with Crippen molar-refractivity contribution in [1.82, 2.24) is 15.4 Å². The highest BCUT2D eigenvalue weighted by Gasteiger charge is 2.16. The number of halogens is 1. The lowest BCUT2D eigenvalue weighted by Gasteiger charge is -2.20. The number of hydroxylamine groups is 1. The van der Waals surface area contributed by atoms with E-state index in [1.54, 1.807) is 0 Å². The quantitative estimate of drug-likeness (QED) is 0.302. The standard InChI is InChI=1S/C10H16ClN7O2/c1-3-18(4-2)8-7(11)15-6(5-14-8)9(19)20-17-10(12)16-13/h5H,3-4,13H2,1-2H3,(H3,12,16,17). The number of aromatic nitrogens is 2. The third-order valence-corrected chi connectivity index (χ3v) is 2.63. The Kier molecular flexibility index (Phi) is 5.78. The molecule has 0 bridgehead atoms. The number of nitrogens with two attached hydrogens (primary N) is 2. The fraction of sp³-hybridized carbons (Fsp3) is 0.400. The van der Waals surface area contributed by atoms with E-state index in [1.165, 1.54) is 6.20 Å². The molecule has 0 saturated carbocycles. The van der Waals surface area contributed by atoms with E-state index in [-0.39, 0.29) is 16.8 Å². The Morgan fingerprint density at radius 3 is 2.70 bits per heavy atom. The van der Waals surface area contributed by atoms with Crippen molar-refractivity contribution in [3.05, 3.63) is 17.0 Å². The van der Waals surface area contributed by atoms with Gasteiger partial charge < -0.3 is 21.3 Å². The van der Waals surface area contributed by atoms with Gasteiger partial charge in [-0.1, -0.05) is 11.6 Å². The largest absolute Gasteiger partial charge is 0.382 e.